The number of guanidine groups is 1. The Bertz CT molecular complexity index is 574. The first-order valence-corrected chi connectivity index (χ1v) is 10.2. The van der Waals surface area contributed by atoms with Crippen LogP contribution in [-0.4, -0.2) is 68.4 Å². The smallest absolute Gasteiger partial charge is 0.213 e. The molecule has 0 bridgehead atoms. The van der Waals surface area contributed by atoms with Crippen molar-refractivity contribution in [3.8, 4) is 5.88 Å². The maximum absolute atomic E-state index is 5.68. The molecule has 2 N–H and O–H groups in total. The zero-order valence-corrected chi connectivity index (χ0v) is 19.2. The van der Waals surface area contributed by atoms with Crippen molar-refractivity contribution in [2.75, 3.05) is 52.5 Å². The van der Waals surface area contributed by atoms with E-state index in [-0.39, 0.29) is 24.0 Å². The van der Waals surface area contributed by atoms with Gasteiger partial charge in [0.25, 0.3) is 0 Å². The second-order valence-electron chi connectivity index (χ2n) is 7.19. The summed E-state index contributed by atoms with van der Waals surface area (Å²) < 4.78 is 11.1. The van der Waals surface area contributed by atoms with Crippen molar-refractivity contribution in [1.82, 2.24) is 20.5 Å². The third kappa shape index (κ3) is 8.91. The Labute approximate surface area is 185 Å². The fourth-order valence-electron chi connectivity index (χ4n) is 2.92. The van der Waals surface area contributed by atoms with Crippen LogP contribution in [0.2, 0.25) is 0 Å². The Morgan fingerprint density at radius 2 is 2.11 bits per heavy atom. The van der Waals surface area contributed by atoms with Crippen LogP contribution >= 0.6 is 24.0 Å². The maximum Gasteiger partial charge on any atom is 0.213 e. The van der Waals surface area contributed by atoms with Gasteiger partial charge in [0.15, 0.2) is 5.96 Å². The molecule has 0 unspecified atom stereocenters. The van der Waals surface area contributed by atoms with Gasteiger partial charge in [0.05, 0.1) is 26.4 Å². The van der Waals surface area contributed by atoms with E-state index in [0.29, 0.717) is 12.4 Å². The zero-order valence-electron chi connectivity index (χ0n) is 16.9. The molecule has 0 amide bonds. The number of pyridine rings is 1. The lowest BCUT2D eigenvalue weighted by Gasteiger charge is -2.26. The second-order valence-corrected chi connectivity index (χ2v) is 7.19. The Balaban J connectivity index is 0.00000280. The van der Waals surface area contributed by atoms with E-state index in [0.717, 1.165) is 76.4 Å². The summed E-state index contributed by atoms with van der Waals surface area (Å²) >= 11 is 0. The molecular formula is C20H34IN5O2. The van der Waals surface area contributed by atoms with Crippen LogP contribution in [0.1, 0.15) is 31.7 Å². The number of hydrogen-bond acceptors (Lipinski definition) is 5. The number of hydrogen-bond donors (Lipinski definition) is 2. The highest BCUT2D eigenvalue weighted by atomic mass is 127. The van der Waals surface area contributed by atoms with Gasteiger partial charge in [-0.2, -0.15) is 0 Å². The number of aliphatic imine (C=N–C) groups is 1. The number of aromatic nitrogens is 1. The molecule has 2 aliphatic rings. The van der Waals surface area contributed by atoms with Crippen LogP contribution in [0.5, 0.6) is 5.88 Å². The molecule has 0 aromatic carbocycles. The van der Waals surface area contributed by atoms with Gasteiger partial charge in [-0.3, -0.25) is 4.90 Å². The van der Waals surface area contributed by atoms with E-state index in [1.165, 1.54) is 12.8 Å². The van der Waals surface area contributed by atoms with E-state index in [9.17, 15) is 0 Å². The Morgan fingerprint density at radius 3 is 2.79 bits per heavy atom. The highest BCUT2D eigenvalue weighted by molar-refractivity contribution is 14.0. The molecule has 158 valence electrons. The average molecular weight is 503 g/mol. The van der Waals surface area contributed by atoms with Crippen LogP contribution in [-0.2, 0) is 11.3 Å². The molecule has 1 saturated heterocycles. The van der Waals surface area contributed by atoms with Crippen molar-refractivity contribution in [2.24, 2.45) is 10.9 Å². The van der Waals surface area contributed by atoms with Gasteiger partial charge in [0, 0.05) is 38.4 Å². The number of nitrogens with one attached hydrogen (secondary N) is 2. The van der Waals surface area contributed by atoms with Gasteiger partial charge in [-0.15, -0.1) is 24.0 Å². The summed E-state index contributed by atoms with van der Waals surface area (Å²) in [5.41, 5.74) is 1.08. The van der Waals surface area contributed by atoms with Gasteiger partial charge in [-0.25, -0.2) is 9.98 Å². The Hall–Kier alpha value is -1.13. The minimum Gasteiger partial charge on any atom is -0.477 e. The topological polar surface area (TPSA) is 71.0 Å². The van der Waals surface area contributed by atoms with E-state index in [1.807, 2.05) is 18.3 Å². The molecule has 7 nitrogen and oxygen atoms in total. The monoisotopic (exact) mass is 503 g/mol. The number of rotatable bonds is 10. The second kappa shape index (κ2) is 13.2. The third-order valence-corrected chi connectivity index (χ3v) is 4.77. The number of ether oxygens (including phenoxy) is 2. The SMILES string of the molecule is CCNC(=NCc1ccc(OCC2CC2)nc1)NCCCN1CCOCC1.I. The molecular weight excluding hydrogens is 469 g/mol. The summed E-state index contributed by atoms with van der Waals surface area (Å²) in [4.78, 5) is 11.5. The first kappa shape index (κ1) is 23.2. The lowest BCUT2D eigenvalue weighted by Crippen LogP contribution is -2.40. The van der Waals surface area contributed by atoms with Gasteiger partial charge >= 0.3 is 0 Å². The number of halogens is 1. The number of morpholine rings is 1. The van der Waals surface area contributed by atoms with E-state index < -0.39 is 0 Å². The highest BCUT2D eigenvalue weighted by Crippen LogP contribution is 2.29. The Morgan fingerprint density at radius 1 is 1.29 bits per heavy atom. The fraction of sp³-hybridized carbons (Fsp3) is 0.700. The highest BCUT2D eigenvalue weighted by Gasteiger charge is 2.22. The largest absolute Gasteiger partial charge is 0.477 e. The molecule has 3 rings (SSSR count). The van der Waals surface area contributed by atoms with Crippen molar-refractivity contribution in [3.05, 3.63) is 23.9 Å². The summed E-state index contributed by atoms with van der Waals surface area (Å²) in [6, 6.07) is 3.98. The molecule has 0 atom stereocenters. The van der Waals surface area contributed by atoms with Crippen molar-refractivity contribution in [2.45, 2.75) is 32.7 Å². The van der Waals surface area contributed by atoms with Crippen LogP contribution in [0.3, 0.4) is 0 Å². The van der Waals surface area contributed by atoms with Crippen LogP contribution in [0, 0.1) is 5.92 Å². The van der Waals surface area contributed by atoms with E-state index in [4.69, 9.17) is 9.47 Å². The predicted octanol–water partition coefficient (Wildman–Crippen LogP) is 2.27. The maximum atomic E-state index is 5.68. The van der Waals surface area contributed by atoms with Gasteiger partial charge in [0.1, 0.15) is 0 Å². The number of nitrogens with zero attached hydrogens (tertiary/aromatic N) is 3. The van der Waals surface area contributed by atoms with Gasteiger partial charge in [-0.05, 0) is 44.2 Å². The van der Waals surface area contributed by atoms with Crippen molar-refractivity contribution >= 4 is 29.9 Å². The molecule has 1 saturated carbocycles. The van der Waals surface area contributed by atoms with Crippen molar-refractivity contribution in [1.29, 1.82) is 0 Å². The summed E-state index contributed by atoms with van der Waals surface area (Å²) in [6.45, 7) is 10.1. The van der Waals surface area contributed by atoms with Gasteiger partial charge in [-0.1, -0.05) is 6.07 Å². The standard InChI is InChI=1S/C20H33N5O2.HI/c1-2-21-20(22-8-3-9-25-10-12-26-13-11-25)24-15-18-6-7-19(23-14-18)27-16-17-4-5-17;/h6-7,14,17H,2-5,8-13,15-16H2,1H3,(H2,21,22,24);1H. The van der Waals surface area contributed by atoms with Crippen molar-refractivity contribution < 1.29 is 9.47 Å². The first-order valence-electron chi connectivity index (χ1n) is 10.2. The van der Waals surface area contributed by atoms with Crippen LogP contribution in [0.4, 0.5) is 0 Å². The molecule has 1 aliphatic carbocycles. The third-order valence-electron chi connectivity index (χ3n) is 4.77. The molecule has 0 spiro atoms. The lowest BCUT2D eigenvalue weighted by molar-refractivity contribution is 0.0376. The minimum absolute atomic E-state index is 0. The molecule has 2 fully saturated rings. The summed E-state index contributed by atoms with van der Waals surface area (Å²) in [5, 5.41) is 6.72. The van der Waals surface area contributed by atoms with Gasteiger partial charge in [0.2, 0.25) is 5.88 Å². The molecule has 8 heteroatoms. The quantitative estimate of drug-likeness (QED) is 0.221. The summed E-state index contributed by atoms with van der Waals surface area (Å²) in [7, 11) is 0. The average Bonchev–Trinajstić information content (AvgIpc) is 3.54. The summed E-state index contributed by atoms with van der Waals surface area (Å²) in [5.74, 6) is 2.31. The van der Waals surface area contributed by atoms with Crippen LogP contribution in [0.15, 0.2) is 23.3 Å². The summed E-state index contributed by atoms with van der Waals surface area (Å²) in [6.07, 6.45) is 5.53. The fourth-order valence-corrected chi connectivity index (χ4v) is 2.92. The van der Waals surface area contributed by atoms with Crippen molar-refractivity contribution in [3.63, 3.8) is 0 Å². The Kier molecular flexibility index (Phi) is 10.9. The molecule has 1 aromatic heterocycles. The van der Waals surface area contributed by atoms with Crippen LogP contribution < -0.4 is 15.4 Å². The van der Waals surface area contributed by atoms with E-state index in [1.54, 1.807) is 0 Å². The van der Waals surface area contributed by atoms with E-state index in [2.05, 4.69) is 32.4 Å². The van der Waals surface area contributed by atoms with Gasteiger partial charge < -0.3 is 20.1 Å². The predicted molar refractivity (Wildman–Crippen MR) is 123 cm³/mol. The molecule has 2 heterocycles. The lowest BCUT2D eigenvalue weighted by atomic mass is 10.3. The zero-order chi connectivity index (χ0) is 18.7. The molecule has 1 aromatic rings. The molecule has 1 aliphatic heterocycles. The molecule has 28 heavy (non-hydrogen) atoms. The normalized spacial score (nSPS) is 17.7. The van der Waals surface area contributed by atoms with Crippen LogP contribution in [0.25, 0.3) is 0 Å². The molecule has 0 radical (unpaired) electrons. The first-order chi connectivity index (χ1) is 13.3. The minimum atomic E-state index is 0. The van der Waals surface area contributed by atoms with E-state index >= 15 is 0 Å².